The first-order chi connectivity index (χ1) is 15.0. The van der Waals surface area contributed by atoms with Crippen LogP contribution in [-0.2, 0) is 9.59 Å². The molecule has 1 atom stereocenters. The second kappa shape index (κ2) is 9.29. The number of aryl methyl sites for hydroxylation is 1. The predicted octanol–water partition coefficient (Wildman–Crippen LogP) is 4.66. The fraction of sp³-hybridized carbons (Fsp3) is 0.346. The lowest BCUT2D eigenvalue weighted by Gasteiger charge is -2.29. The molecule has 4 rings (SSSR count). The van der Waals surface area contributed by atoms with Gasteiger partial charge >= 0.3 is 0 Å². The molecule has 2 aromatic carbocycles. The van der Waals surface area contributed by atoms with Gasteiger partial charge in [0, 0.05) is 12.1 Å². The Hall–Kier alpha value is -3.21. The quantitative estimate of drug-likeness (QED) is 0.508. The van der Waals surface area contributed by atoms with E-state index in [1.54, 1.807) is 35.2 Å². The molecule has 1 fully saturated rings. The molecule has 3 amide bonds. The minimum atomic E-state index is -0.773. The molecule has 160 valence electrons. The van der Waals surface area contributed by atoms with Crippen molar-refractivity contribution in [3.05, 3.63) is 77.4 Å². The number of nitrogens with zero attached hydrogens (tertiary/aromatic N) is 2. The number of para-hydroxylation sites is 1. The number of allylic oxidation sites excluding steroid dienone is 1. The number of amides is 3. The number of hydrogen-bond acceptors (Lipinski definition) is 3. The average molecular weight is 417 g/mol. The van der Waals surface area contributed by atoms with Gasteiger partial charge in [-0.15, -0.1) is 0 Å². The van der Waals surface area contributed by atoms with Crippen LogP contribution in [0.25, 0.3) is 0 Å². The molecule has 0 aromatic heterocycles. The Kier molecular flexibility index (Phi) is 6.31. The van der Waals surface area contributed by atoms with Crippen LogP contribution in [0.1, 0.15) is 54.4 Å². The fourth-order valence-corrected chi connectivity index (χ4v) is 4.45. The maximum absolute atomic E-state index is 13.5. The summed E-state index contributed by atoms with van der Waals surface area (Å²) in [5.41, 5.74) is 3.43. The smallest absolute Gasteiger partial charge is 0.257 e. The standard InChI is InChI=1S/C26H28N2O3/c1-19-9-8-12-21(17-19)25(30)27(16-15-20-10-4-2-5-11-20)23-18-24(29)28(26(23)31)22-13-6-3-7-14-22/h3,6-10,12-14,17,23H,2,4-5,11,15-16,18H2,1H3. The van der Waals surface area contributed by atoms with Gasteiger partial charge in [-0.1, -0.05) is 47.5 Å². The summed E-state index contributed by atoms with van der Waals surface area (Å²) in [6, 6.07) is 15.6. The number of carbonyl (C=O) groups excluding carboxylic acids is 3. The van der Waals surface area contributed by atoms with Crippen LogP contribution in [-0.4, -0.2) is 35.2 Å². The van der Waals surface area contributed by atoms with E-state index in [9.17, 15) is 14.4 Å². The monoisotopic (exact) mass is 416 g/mol. The first-order valence-electron chi connectivity index (χ1n) is 11.0. The van der Waals surface area contributed by atoms with Crippen LogP contribution in [0.3, 0.4) is 0 Å². The lowest BCUT2D eigenvalue weighted by atomic mass is 9.96. The summed E-state index contributed by atoms with van der Waals surface area (Å²) in [4.78, 5) is 42.4. The molecule has 2 aromatic rings. The van der Waals surface area contributed by atoms with E-state index in [4.69, 9.17) is 0 Å². The minimum Gasteiger partial charge on any atom is -0.326 e. The minimum absolute atomic E-state index is 0.0182. The first kappa shape index (κ1) is 21.0. The highest BCUT2D eigenvalue weighted by Gasteiger charge is 2.44. The van der Waals surface area contributed by atoms with Crippen molar-refractivity contribution in [1.82, 2.24) is 4.90 Å². The second-order valence-corrected chi connectivity index (χ2v) is 8.35. The molecule has 0 bridgehead atoms. The van der Waals surface area contributed by atoms with Gasteiger partial charge in [0.15, 0.2) is 0 Å². The number of anilines is 1. The number of imide groups is 1. The van der Waals surface area contributed by atoms with E-state index >= 15 is 0 Å². The SMILES string of the molecule is Cc1cccc(C(=O)N(CCC2=CCCCC2)C2CC(=O)N(c3ccccc3)C2=O)c1. The molecule has 0 radical (unpaired) electrons. The predicted molar refractivity (Wildman–Crippen MR) is 121 cm³/mol. The molecule has 1 saturated heterocycles. The van der Waals surface area contributed by atoms with Crippen LogP contribution in [0.15, 0.2) is 66.2 Å². The van der Waals surface area contributed by atoms with Gasteiger partial charge in [0.25, 0.3) is 11.8 Å². The Morgan fingerprint density at radius 3 is 2.58 bits per heavy atom. The van der Waals surface area contributed by atoms with Gasteiger partial charge in [0.2, 0.25) is 5.91 Å². The first-order valence-corrected chi connectivity index (χ1v) is 11.0. The van der Waals surface area contributed by atoms with E-state index < -0.39 is 6.04 Å². The Morgan fingerprint density at radius 1 is 1.06 bits per heavy atom. The van der Waals surface area contributed by atoms with Crippen LogP contribution in [0.5, 0.6) is 0 Å². The zero-order valence-electron chi connectivity index (χ0n) is 17.9. The molecule has 1 heterocycles. The molecule has 0 spiro atoms. The van der Waals surface area contributed by atoms with Gasteiger partial charge in [-0.05, 0) is 63.3 Å². The number of carbonyl (C=O) groups is 3. The molecule has 31 heavy (non-hydrogen) atoms. The molecule has 5 nitrogen and oxygen atoms in total. The highest BCUT2D eigenvalue weighted by Crippen LogP contribution is 2.28. The van der Waals surface area contributed by atoms with Crippen molar-refractivity contribution in [2.75, 3.05) is 11.4 Å². The Bertz CT molecular complexity index is 1010. The van der Waals surface area contributed by atoms with E-state index in [1.807, 2.05) is 31.2 Å². The van der Waals surface area contributed by atoms with Gasteiger partial charge in [-0.3, -0.25) is 14.4 Å². The summed E-state index contributed by atoms with van der Waals surface area (Å²) in [6.45, 7) is 2.38. The summed E-state index contributed by atoms with van der Waals surface area (Å²) in [5.74, 6) is -0.781. The molecule has 0 N–H and O–H groups in total. The average Bonchev–Trinajstić information content (AvgIpc) is 3.08. The van der Waals surface area contributed by atoms with E-state index in [0.29, 0.717) is 17.8 Å². The summed E-state index contributed by atoms with van der Waals surface area (Å²) >= 11 is 0. The zero-order valence-corrected chi connectivity index (χ0v) is 17.9. The fourth-order valence-electron chi connectivity index (χ4n) is 4.45. The van der Waals surface area contributed by atoms with E-state index in [0.717, 1.165) is 24.8 Å². The molecule has 0 saturated carbocycles. The van der Waals surface area contributed by atoms with E-state index in [-0.39, 0.29) is 24.1 Å². The molecule has 5 heteroatoms. The van der Waals surface area contributed by atoms with Crippen molar-refractivity contribution in [3.8, 4) is 0 Å². The van der Waals surface area contributed by atoms with Gasteiger partial charge in [-0.2, -0.15) is 0 Å². The number of benzene rings is 2. The number of rotatable bonds is 6. The summed E-state index contributed by atoms with van der Waals surface area (Å²) in [6.07, 6.45) is 7.50. The molecule has 2 aliphatic rings. The van der Waals surface area contributed by atoms with E-state index in [1.165, 1.54) is 23.3 Å². The van der Waals surface area contributed by atoms with Crippen LogP contribution >= 0.6 is 0 Å². The zero-order chi connectivity index (χ0) is 21.8. The maximum Gasteiger partial charge on any atom is 0.257 e. The molecule has 1 unspecified atom stereocenters. The van der Waals surface area contributed by atoms with E-state index in [2.05, 4.69) is 6.08 Å². The van der Waals surface area contributed by atoms with Crippen LogP contribution in [0, 0.1) is 6.92 Å². The van der Waals surface area contributed by atoms with Gasteiger partial charge in [-0.25, -0.2) is 4.90 Å². The molecule has 1 aliphatic heterocycles. The van der Waals surface area contributed by atoms with Crippen molar-refractivity contribution >= 4 is 23.4 Å². The maximum atomic E-state index is 13.5. The third-order valence-electron chi connectivity index (χ3n) is 6.10. The lowest BCUT2D eigenvalue weighted by molar-refractivity contribution is -0.122. The molecular formula is C26H28N2O3. The highest BCUT2D eigenvalue weighted by atomic mass is 16.2. The van der Waals surface area contributed by atoms with Gasteiger partial charge < -0.3 is 4.90 Å². The van der Waals surface area contributed by atoms with Crippen molar-refractivity contribution in [1.29, 1.82) is 0 Å². The summed E-state index contributed by atoms with van der Waals surface area (Å²) < 4.78 is 0. The molecule has 1 aliphatic carbocycles. The largest absolute Gasteiger partial charge is 0.326 e. The van der Waals surface area contributed by atoms with Crippen LogP contribution < -0.4 is 4.90 Å². The Labute approximate surface area is 183 Å². The Morgan fingerprint density at radius 2 is 1.87 bits per heavy atom. The van der Waals surface area contributed by atoms with Gasteiger partial charge in [0.1, 0.15) is 6.04 Å². The Balaban J connectivity index is 1.61. The summed E-state index contributed by atoms with van der Waals surface area (Å²) in [5, 5.41) is 0. The lowest BCUT2D eigenvalue weighted by Crippen LogP contribution is -2.46. The van der Waals surface area contributed by atoms with Gasteiger partial charge in [0.05, 0.1) is 12.1 Å². The van der Waals surface area contributed by atoms with Crippen molar-refractivity contribution < 1.29 is 14.4 Å². The topological polar surface area (TPSA) is 57.7 Å². The third-order valence-corrected chi connectivity index (χ3v) is 6.10. The summed E-state index contributed by atoms with van der Waals surface area (Å²) in [7, 11) is 0. The van der Waals surface area contributed by atoms with Crippen molar-refractivity contribution in [3.63, 3.8) is 0 Å². The highest BCUT2D eigenvalue weighted by molar-refractivity contribution is 6.23. The second-order valence-electron chi connectivity index (χ2n) is 8.35. The molecular weight excluding hydrogens is 388 g/mol. The van der Waals surface area contributed by atoms with Crippen LogP contribution in [0.4, 0.5) is 5.69 Å². The van der Waals surface area contributed by atoms with Crippen molar-refractivity contribution in [2.24, 2.45) is 0 Å². The normalized spacial score (nSPS) is 18.8. The van der Waals surface area contributed by atoms with Crippen molar-refractivity contribution in [2.45, 2.75) is 51.5 Å². The van der Waals surface area contributed by atoms with Crippen LogP contribution in [0.2, 0.25) is 0 Å². The number of hydrogen-bond donors (Lipinski definition) is 0. The third kappa shape index (κ3) is 4.61.